The Morgan fingerprint density at radius 1 is 1.14 bits per heavy atom. The molecule has 0 bridgehead atoms. The number of carbonyl (C=O) groups is 1. The van der Waals surface area contributed by atoms with Crippen LogP contribution in [0.15, 0.2) is 36.4 Å². The normalized spacial score (nSPS) is 15.7. The van der Waals surface area contributed by atoms with Crippen LogP contribution in [0.1, 0.15) is 0 Å². The lowest BCUT2D eigenvalue weighted by Crippen LogP contribution is -2.45. The van der Waals surface area contributed by atoms with Crippen LogP contribution in [0.25, 0.3) is 0 Å². The highest BCUT2D eigenvalue weighted by Gasteiger charge is 2.26. The number of halogens is 3. The maximum Gasteiger partial charge on any atom is 0.240 e. The van der Waals surface area contributed by atoms with Gasteiger partial charge in [0.05, 0.1) is 33.6 Å². The first-order valence-electron chi connectivity index (χ1n) is 8.42. The van der Waals surface area contributed by atoms with E-state index in [0.717, 1.165) is 10.6 Å². The third kappa shape index (κ3) is 5.39. The maximum absolute atomic E-state index is 12.4. The van der Waals surface area contributed by atoms with Gasteiger partial charge in [0, 0.05) is 0 Å². The molecule has 0 aliphatic carbocycles. The molecule has 0 spiro atoms. The topological polar surface area (TPSA) is 84.9 Å². The van der Waals surface area contributed by atoms with E-state index < -0.39 is 28.6 Å². The van der Waals surface area contributed by atoms with Gasteiger partial charge in [0.25, 0.3) is 0 Å². The molecule has 0 aromatic heterocycles. The highest BCUT2D eigenvalue weighted by molar-refractivity contribution is 7.92. The van der Waals surface area contributed by atoms with Crippen LogP contribution in [-0.2, 0) is 14.8 Å². The van der Waals surface area contributed by atoms with Crippen LogP contribution in [-0.4, -0.2) is 46.4 Å². The van der Waals surface area contributed by atoms with Gasteiger partial charge in [0.2, 0.25) is 15.9 Å². The largest absolute Gasteiger partial charge is 0.486 e. The molecule has 1 aliphatic rings. The fourth-order valence-corrected chi connectivity index (χ4v) is 4.22. The van der Waals surface area contributed by atoms with Gasteiger partial charge >= 0.3 is 0 Å². The average molecular weight is 480 g/mol. The van der Waals surface area contributed by atoms with Crippen molar-refractivity contribution in [2.75, 3.05) is 30.3 Å². The third-order valence-electron chi connectivity index (χ3n) is 4.04. The summed E-state index contributed by atoms with van der Waals surface area (Å²) in [5, 5.41) is 2.99. The van der Waals surface area contributed by atoms with Gasteiger partial charge in [-0.1, -0.05) is 46.9 Å². The Balaban J connectivity index is 1.67. The van der Waals surface area contributed by atoms with Gasteiger partial charge in [-0.15, -0.1) is 0 Å². The number of nitrogens with zero attached hydrogens (tertiary/aromatic N) is 1. The predicted molar refractivity (Wildman–Crippen MR) is 113 cm³/mol. The van der Waals surface area contributed by atoms with Crippen LogP contribution in [0.2, 0.25) is 15.1 Å². The minimum Gasteiger partial charge on any atom is -0.486 e. The summed E-state index contributed by atoms with van der Waals surface area (Å²) >= 11 is 18.0. The number of rotatable bonds is 6. The van der Waals surface area contributed by atoms with Gasteiger partial charge in [-0.05, 0) is 24.3 Å². The summed E-state index contributed by atoms with van der Waals surface area (Å²) in [5.41, 5.74) is 0.0601. The lowest BCUT2D eigenvalue weighted by Gasteiger charge is -2.27. The monoisotopic (exact) mass is 478 g/mol. The van der Waals surface area contributed by atoms with Gasteiger partial charge < -0.3 is 14.8 Å². The van der Waals surface area contributed by atoms with E-state index in [9.17, 15) is 13.2 Å². The summed E-state index contributed by atoms with van der Waals surface area (Å²) in [4.78, 5) is 12.4. The summed E-state index contributed by atoms with van der Waals surface area (Å²) in [6.07, 6.45) is 0.558. The standard InChI is InChI=1S/C18H17Cl3N2O5S/c1-29(25,26)23(15-7-13(20)12(19)6-14(15)21)9-18(24)22-8-11-10-27-16-4-2-3-5-17(16)28-11/h2-7,11H,8-10H2,1H3,(H,22,24). The van der Waals surface area contributed by atoms with Crippen LogP contribution in [0.4, 0.5) is 5.69 Å². The molecule has 1 heterocycles. The Bertz CT molecular complexity index is 1030. The SMILES string of the molecule is CS(=O)(=O)N(CC(=O)NCC1COc2ccccc2O1)c1cc(Cl)c(Cl)cc1Cl. The number of hydrogen-bond acceptors (Lipinski definition) is 5. The van der Waals surface area contributed by atoms with Crippen LogP contribution >= 0.6 is 34.8 Å². The summed E-state index contributed by atoms with van der Waals surface area (Å²) in [5.74, 6) is 0.672. The molecule has 1 atom stereocenters. The van der Waals surface area contributed by atoms with Gasteiger partial charge in [-0.3, -0.25) is 9.10 Å². The average Bonchev–Trinajstić information content (AvgIpc) is 2.66. The molecule has 1 unspecified atom stereocenters. The number of benzene rings is 2. The van der Waals surface area contributed by atoms with Gasteiger partial charge in [-0.2, -0.15) is 0 Å². The van der Waals surface area contributed by atoms with Crippen molar-refractivity contribution in [3.05, 3.63) is 51.5 Å². The zero-order valence-electron chi connectivity index (χ0n) is 15.2. The molecule has 0 saturated heterocycles. The summed E-state index contributed by atoms with van der Waals surface area (Å²) in [7, 11) is -3.82. The number of ether oxygens (including phenoxy) is 2. The highest BCUT2D eigenvalue weighted by atomic mass is 35.5. The Labute approximate surface area is 183 Å². The molecule has 1 aliphatic heterocycles. The Morgan fingerprint density at radius 3 is 2.48 bits per heavy atom. The van der Waals surface area contributed by atoms with E-state index in [1.807, 2.05) is 12.1 Å². The molecule has 7 nitrogen and oxygen atoms in total. The predicted octanol–water partition coefficient (Wildman–Crippen LogP) is 3.37. The molecule has 1 N–H and O–H groups in total. The molecule has 29 heavy (non-hydrogen) atoms. The van der Waals surface area contributed by atoms with Crippen molar-refractivity contribution in [2.24, 2.45) is 0 Å². The van der Waals surface area contributed by atoms with Crippen molar-refractivity contribution in [3.8, 4) is 11.5 Å². The fourth-order valence-electron chi connectivity index (χ4n) is 2.66. The smallest absolute Gasteiger partial charge is 0.240 e. The van der Waals surface area contributed by atoms with E-state index in [0.29, 0.717) is 11.5 Å². The number of nitrogens with one attached hydrogen (secondary N) is 1. The van der Waals surface area contributed by atoms with E-state index in [1.165, 1.54) is 12.1 Å². The second kappa shape index (κ2) is 8.87. The van der Waals surface area contributed by atoms with E-state index in [4.69, 9.17) is 44.3 Å². The number of fused-ring (bicyclic) bond motifs is 1. The second-order valence-electron chi connectivity index (χ2n) is 6.29. The lowest BCUT2D eigenvalue weighted by molar-refractivity contribution is -0.120. The number of para-hydroxylation sites is 2. The first-order valence-corrected chi connectivity index (χ1v) is 11.4. The van der Waals surface area contributed by atoms with Gasteiger partial charge in [0.15, 0.2) is 11.5 Å². The minimum absolute atomic E-state index is 0.0539. The van der Waals surface area contributed by atoms with Crippen molar-refractivity contribution in [1.82, 2.24) is 5.32 Å². The lowest BCUT2D eigenvalue weighted by atomic mass is 10.2. The Morgan fingerprint density at radius 2 is 1.79 bits per heavy atom. The van der Waals surface area contributed by atoms with E-state index >= 15 is 0 Å². The van der Waals surface area contributed by atoms with Crippen molar-refractivity contribution in [3.63, 3.8) is 0 Å². The van der Waals surface area contributed by atoms with Crippen LogP contribution in [0, 0.1) is 0 Å². The van der Waals surface area contributed by atoms with Crippen molar-refractivity contribution in [2.45, 2.75) is 6.10 Å². The zero-order valence-corrected chi connectivity index (χ0v) is 18.3. The number of hydrogen-bond donors (Lipinski definition) is 1. The molecular weight excluding hydrogens is 463 g/mol. The minimum atomic E-state index is -3.82. The number of sulfonamides is 1. The summed E-state index contributed by atoms with van der Waals surface area (Å²) in [6, 6.07) is 9.82. The zero-order chi connectivity index (χ0) is 21.2. The first-order chi connectivity index (χ1) is 13.6. The summed E-state index contributed by atoms with van der Waals surface area (Å²) in [6.45, 7) is -0.0910. The summed E-state index contributed by atoms with van der Waals surface area (Å²) < 4.78 is 36.7. The molecule has 0 fully saturated rings. The van der Waals surface area contributed by atoms with Gasteiger partial charge in [-0.25, -0.2) is 8.42 Å². The van der Waals surface area contributed by atoms with E-state index in [2.05, 4.69) is 5.32 Å². The second-order valence-corrected chi connectivity index (χ2v) is 9.42. The molecule has 2 aromatic carbocycles. The highest BCUT2D eigenvalue weighted by Crippen LogP contribution is 2.35. The van der Waals surface area contributed by atoms with Crippen LogP contribution in [0.3, 0.4) is 0 Å². The molecule has 0 saturated carbocycles. The maximum atomic E-state index is 12.4. The van der Waals surface area contributed by atoms with E-state index in [-0.39, 0.29) is 33.9 Å². The Hall–Kier alpha value is -1.87. The van der Waals surface area contributed by atoms with Crippen LogP contribution < -0.4 is 19.1 Å². The molecular formula is C18H17Cl3N2O5S. The molecule has 0 radical (unpaired) electrons. The van der Waals surface area contributed by atoms with E-state index in [1.54, 1.807) is 12.1 Å². The molecule has 11 heteroatoms. The number of amides is 1. The van der Waals surface area contributed by atoms with Crippen LogP contribution in [0.5, 0.6) is 11.5 Å². The van der Waals surface area contributed by atoms with Crippen molar-refractivity contribution in [1.29, 1.82) is 0 Å². The molecule has 3 rings (SSSR count). The Kier molecular flexibility index (Phi) is 6.68. The molecule has 2 aromatic rings. The first kappa shape index (κ1) is 21.8. The quantitative estimate of drug-likeness (QED) is 0.642. The van der Waals surface area contributed by atoms with Gasteiger partial charge in [0.1, 0.15) is 19.3 Å². The molecule has 156 valence electrons. The molecule has 1 amide bonds. The third-order valence-corrected chi connectivity index (χ3v) is 6.19. The number of anilines is 1. The van der Waals surface area contributed by atoms with Crippen molar-refractivity contribution >= 4 is 56.4 Å². The number of carbonyl (C=O) groups excluding carboxylic acids is 1. The van der Waals surface area contributed by atoms with Crippen molar-refractivity contribution < 1.29 is 22.7 Å². The fraction of sp³-hybridized carbons (Fsp3) is 0.278.